The summed E-state index contributed by atoms with van der Waals surface area (Å²) in [5.74, 6) is -0.552. The summed E-state index contributed by atoms with van der Waals surface area (Å²) in [6, 6.07) is 15.0. The van der Waals surface area contributed by atoms with Crippen molar-refractivity contribution in [1.82, 2.24) is 4.98 Å². The highest BCUT2D eigenvalue weighted by molar-refractivity contribution is 7.16. The molecule has 0 radical (unpaired) electrons. The first-order valence-electron chi connectivity index (χ1n) is 11.4. The molecule has 1 N–H and O–H groups in total. The van der Waals surface area contributed by atoms with Crippen molar-refractivity contribution >= 4 is 39.9 Å². The van der Waals surface area contributed by atoms with Crippen molar-refractivity contribution < 1.29 is 19.1 Å². The fourth-order valence-electron chi connectivity index (χ4n) is 4.28. The largest absolute Gasteiger partial charge is 0.447 e. The number of anilines is 2. The molecule has 5 rings (SSSR count). The zero-order valence-electron chi connectivity index (χ0n) is 19.0. The Labute approximate surface area is 201 Å². The number of hydrogen-bond donors (Lipinski definition) is 1. The number of amides is 2. The van der Waals surface area contributed by atoms with Crippen LogP contribution < -0.4 is 10.2 Å². The number of ether oxygens (including phenoxy) is 1. The Bertz CT molecular complexity index is 1270. The van der Waals surface area contributed by atoms with Gasteiger partial charge in [0.1, 0.15) is 0 Å². The first kappa shape index (κ1) is 22.3. The number of benzene rings is 2. The van der Waals surface area contributed by atoms with Crippen LogP contribution in [0, 0.1) is 12.8 Å². The van der Waals surface area contributed by atoms with Crippen LogP contribution in [0.3, 0.4) is 0 Å². The summed E-state index contributed by atoms with van der Waals surface area (Å²) in [4.78, 5) is 44.6. The number of rotatable bonds is 6. The summed E-state index contributed by atoms with van der Waals surface area (Å²) in [5.41, 5.74) is 4.47. The molecule has 1 aliphatic heterocycles. The lowest BCUT2D eigenvalue weighted by Gasteiger charge is -2.17. The summed E-state index contributed by atoms with van der Waals surface area (Å²) in [6.07, 6.45) is 1.77. The van der Waals surface area contributed by atoms with E-state index < -0.39 is 18.0 Å². The molecule has 1 aliphatic carbocycles. The molecule has 0 unspecified atom stereocenters. The number of nitrogens with one attached hydrogen (secondary N) is 1. The highest BCUT2D eigenvalue weighted by atomic mass is 32.1. The summed E-state index contributed by atoms with van der Waals surface area (Å²) in [7, 11) is 0. The second kappa shape index (κ2) is 9.02. The predicted molar refractivity (Wildman–Crippen MR) is 131 cm³/mol. The number of esters is 1. The maximum absolute atomic E-state index is 13.0. The van der Waals surface area contributed by atoms with E-state index in [1.807, 2.05) is 30.0 Å². The summed E-state index contributed by atoms with van der Waals surface area (Å²) in [6.45, 7) is 3.96. The Morgan fingerprint density at radius 1 is 1.15 bits per heavy atom. The van der Waals surface area contributed by atoms with Crippen molar-refractivity contribution in [1.29, 1.82) is 0 Å². The van der Waals surface area contributed by atoms with Gasteiger partial charge < -0.3 is 9.64 Å². The van der Waals surface area contributed by atoms with Crippen molar-refractivity contribution in [3.05, 3.63) is 64.5 Å². The Balaban J connectivity index is 1.35. The van der Waals surface area contributed by atoms with Gasteiger partial charge in [0.05, 0.1) is 5.69 Å². The average Bonchev–Trinajstić information content (AvgIpc) is 3.49. The molecular formula is C26H25N3O4S. The first-order valence-corrected chi connectivity index (χ1v) is 12.2. The Morgan fingerprint density at radius 2 is 1.91 bits per heavy atom. The topological polar surface area (TPSA) is 88.6 Å². The van der Waals surface area contributed by atoms with E-state index in [2.05, 4.69) is 16.4 Å². The van der Waals surface area contributed by atoms with E-state index in [9.17, 15) is 14.4 Å². The number of fused-ring (bicyclic) bond motifs is 1. The van der Waals surface area contributed by atoms with Gasteiger partial charge in [-0.05, 0) is 43.9 Å². The third-order valence-corrected chi connectivity index (χ3v) is 6.98. The fraction of sp³-hybridized carbons (Fsp3) is 0.308. The van der Waals surface area contributed by atoms with Gasteiger partial charge in [-0.25, -0.2) is 4.98 Å². The van der Waals surface area contributed by atoms with E-state index in [0.29, 0.717) is 10.7 Å². The van der Waals surface area contributed by atoms with Crippen LogP contribution in [0.2, 0.25) is 0 Å². The molecular weight excluding hydrogens is 450 g/mol. The van der Waals surface area contributed by atoms with Gasteiger partial charge in [0.2, 0.25) is 12.0 Å². The highest BCUT2D eigenvalue weighted by Crippen LogP contribution is 2.39. The molecule has 0 bridgehead atoms. The first-order chi connectivity index (χ1) is 16.4. The molecule has 2 aliphatic rings. The molecule has 0 spiro atoms. The van der Waals surface area contributed by atoms with Gasteiger partial charge >= 0.3 is 5.97 Å². The van der Waals surface area contributed by atoms with E-state index >= 15 is 0 Å². The summed E-state index contributed by atoms with van der Waals surface area (Å²) < 4.78 is 5.29. The second-order valence-electron chi connectivity index (χ2n) is 8.67. The van der Waals surface area contributed by atoms with Crippen LogP contribution in [-0.4, -0.2) is 29.3 Å². The number of nitrogens with zero attached hydrogens (tertiary/aromatic N) is 2. The number of carbonyl (C=O) groups excluding carboxylic acids is 3. The molecule has 3 aromatic rings. The minimum Gasteiger partial charge on any atom is -0.447 e. The van der Waals surface area contributed by atoms with Crippen LogP contribution in [-0.2, 0) is 25.5 Å². The van der Waals surface area contributed by atoms with Gasteiger partial charge in [-0.3, -0.25) is 19.7 Å². The van der Waals surface area contributed by atoms with Crippen LogP contribution >= 0.6 is 11.3 Å². The molecule has 2 amide bonds. The lowest BCUT2D eigenvalue weighted by molar-refractivity contribution is -0.152. The number of carbonyl (C=O) groups is 3. The van der Waals surface area contributed by atoms with Gasteiger partial charge in [-0.15, -0.1) is 11.3 Å². The maximum Gasteiger partial charge on any atom is 0.303 e. The number of thiazole rings is 1. The smallest absolute Gasteiger partial charge is 0.303 e. The molecule has 1 saturated carbocycles. The predicted octanol–water partition coefficient (Wildman–Crippen LogP) is 4.66. The van der Waals surface area contributed by atoms with E-state index in [0.717, 1.165) is 53.2 Å². The van der Waals surface area contributed by atoms with Gasteiger partial charge in [0, 0.05) is 41.1 Å². The van der Waals surface area contributed by atoms with Crippen molar-refractivity contribution in [2.75, 3.05) is 16.8 Å². The molecule has 7 nitrogen and oxygen atoms in total. The maximum atomic E-state index is 13.0. The molecule has 34 heavy (non-hydrogen) atoms. The zero-order chi connectivity index (χ0) is 23.8. The molecule has 2 heterocycles. The minimum atomic E-state index is -1.05. The van der Waals surface area contributed by atoms with E-state index in [1.165, 1.54) is 18.3 Å². The molecule has 1 atom stereocenters. The van der Waals surface area contributed by atoms with E-state index in [1.54, 1.807) is 24.3 Å². The second-order valence-corrected chi connectivity index (χ2v) is 9.87. The van der Waals surface area contributed by atoms with Gasteiger partial charge in [0.15, 0.2) is 5.13 Å². The minimum absolute atomic E-state index is 0.198. The van der Waals surface area contributed by atoms with Crippen LogP contribution in [0.15, 0.2) is 48.5 Å². The molecule has 0 saturated heterocycles. The molecule has 174 valence electrons. The summed E-state index contributed by atoms with van der Waals surface area (Å²) in [5, 5.41) is 3.25. The average molecular weight is 476 g/mol. The Kier molecular flexibility index (Phi) is 5.91. The molecule has 2 aromatic carbocycles. The molecule has 1 aromatic heterocycles. The van der Waals surface area contributed by atoms with Crippen molar-refractivity contribution in [2.45, 2.75) is 39.2 Å². The van der Waals surface area contributed by atoms with Crippen molar-refractivity contribution in [3.63, 3.8) is 0 Å². The quantitative estimate of drug-likeness (QED) is 0.524. The third-order valence-electron chi connectivity index (χ3n) is 6.09. The van der Waals surface area contributed by atoms with E-state index in [-0.39, 0.29) is 11.8 Å². The Morgan fingerprint density at radius 3 is 2.62 bits per heavy atom. The number of aryl methyl sites for hydroxylation is 1. The number of aromatic nitrogens is 1. The van der Waals surface area contributed by atoms with Gasteiger partial charge in [0.25, 0.3) is 5.91 Å². The molecule has 1 fully saturated rings. The normalized spacial score (nSPS) is 15.5. The lowest BCUT2D eigenvalue weighted by atomic mass is 10.1. The third kappa shape index (κ3) is 4.46. The van der Waals surface area contributed by atoms with Crippen LogP contribution in [0.4, 0.5) is 10.8 Å². The lowest BCUT2D eigenvalue weighted by Crippen LogP contribution is -2.30. The van der Waals surface area contributed by atoms with Gasteiger partial charge in [-0.1, -0.05) is 36.4 Å². The van der Waals surface area contributed by atoms with Crippen LogP contribution in [0.25, 0.3) is 11.3 Å². The standard InChI is InChI=1S/C26H25N3O4S/c1-15-22(20-10-11-21-19(14-20)12-13-29(21)25(32)18-8-9-18)27-26(34-15)28-24(31)23(33-16(2)30)17-6-4-3-5-7-17/h3-7,10-11,14,18,23H,8-9,12-13H2,1-2H3,(H,27,28,31)/t23-/m0/s1. The van der Waals surface area contributed by atoms with E-state index in [4.69, 9.17) is 4.74 Å². The fourth-order valence-corrected chi connectivity index (χ4v) is 5.12. The van der Waals surface area contributed by atoms with Gasteiger partial charge in [-0.2, -0.15) is 0 Å². The molecule has 8 heteroatoms. The van der Waals surface area contributed by atoms with Crippen LogP contribution in [0.5, 0.6) is 0 Å². The number of hydrogen-bond acceptors (Lipinski definition) is 6. The SMILES string of the molecule is CC(=O)O[C@H](C(=O)Nc1nc(-c2ccc3c(c2)CCN3C(=O)C2CC2)c(C)s1)c1ccccc1. The zero-order valence-corrected chi connectivity index (χ0v) is 19.9. The van der Waals surface area contributed by atoms with Crippen molar-refractivity contribution in [2.24, 2.45) is 5.92 Å². The Hall–Kier alpha value is -3.52. The highest BCUT2D eigenvalue weighted by Gasteiger charge is 2.36. The summed E-state index contributed by atoms with van der Waals surface area (Å²) >= 11 is 1.37. The van der Waals surface area contributed by atoms with Crippen LogP contribution in [0.1, 0.15) is 41.9 Å². The monoisotopic (exact) mass is 475 g/mol. The van der Waals surface area contributed by atoms with Crippen molar-refractivity contribution in [3.8, 4) is 11.3 Å².